The number of benzene rings is 1. The van der Waals surface area contributed by atoms with Crippen LogP contribution in [0.25, 0.3) is 0 Å². The highest BCUT2D eigenvalue weighted by molar-refractivity contribution is 6.28. The van der Waals surface area contributed by atoms with Crippen molar-refractivity contribution in [2.45, 2.75) is 6.54 Å². The fourth-order valence-corrected chi connectivity index (χ4v) is 1.74. The van der Waals surface area contributed by atoms with E-state index in [-0.39, 0.29) is 17.3 Å². The summed E-state index contributed by atoms with van der Waals surface area (Å²) >= 11 is 5.64. The average Bonchev–Trinajstić information content (AvgIpc) is 2.81. The normalized spacial score (nSPS) is 10.3. The average molecular weight is 284 g/mol. The molecule has 0 aliphatic heterocycles. The highest BCUT2D eigenvalue weighted by atomic mass is 35.5. The summed E-state index contributed by atoms with van der Waals surface area (Å²) in [6, 6.07) is 7.06. The molecule has 0 atom stereocenters. The van der Waals surface area contributed by atoms with Crippen LogP contribution in [0, 0.1) is 5.82 Å². The van der Waals surface area contributed by atoms with Crippen LogP contribution < -0.4 is 5.32 Å². The summed E-state index contributed by atoms with van der Waals surface area (Å²) in [5, 5.41) is 3.17. The van der Waals surface area contributed by atoms with Crippen molar-refractivity contribution in [1.29, 1.82) is 0 Å². The molecule has 1 aromatic carbocycles. The molecule has 0 aliphatic rings. The zero-order valence-corrected chi connectivity index (χ0v) is 10.8. The van der Waals surface area contributed by atoms with Crippen LogP contribution in [0.4, 0.5) is 10.1 Å². The fourth-order valence-electron chi connectivity index (χ4n) is 1.58. The van der Waals surface area contributed by atoms with Gasteiger partial charge in [0, 0.05) is 0 Å². The third-order valence-electron chi connectivity index (χ3n) is 2.47. The van der Waals surface area contributed by atoms with Gasteiger partial charge >= 0.3 is 5.97 Å². The van der Waals surface area contributed by atoms with Gasteiger partial charge in [0.2, 0.25) is 0 Å². The minimum Gasteiger partial charge on any atom is -0.465 e. The smallest absolute Gasteiger partial charge is 0.339 e. The van der Waals surface area contributed by atoms with E-state index in [1.54, 1.807) is 12.1 Å². The molecule has 0 unspecified atom stereocenters. The Morgan fingerprint density at radius 2 is 2.21 bits per heavy atom. The van der Waals surface area contributed by atoms with Crippen molar-refractivity contribution in [1.82, 2.24) is 0 Å². The molecule has 4 nitrogen and oxygen atoms in total. The van der Waals surface area contributed by atoms with Gasteiger partial charge in [0.15, 0.2) is 5.22 Å². The summed E-state index contributed by atoms with van der Waals surface area (Å²) in [4.78, 5) is 11.5. The second-order valence-corrected chi connectivity index (χ2v) is 4.11. The first-order valence-corrected chi connectivity index (χ1v) is 5.84. The van der Waals surface area contributed by atoms with Crippen LogP contribution in [0.15, 0.2) is 34.7 Å². The molecule has 0 bridgehead atoms. The van der Waals surface area contributed by atoms with Crippen molar-refractivity contribution in [3.8, 4) is 0 Å². The quantitative estimate of drug-likeness (QED) is 0.873. The molecule has 0 radical (unpaired) electrons. The van der Waals surface area contributed by atoms with Gasteiger partial charge in [-0.1, -0.05) is 0 Å². The number of rotatable bonds is 4. The second-order valence-electron chi connectivity index (χ2n) is 3.74. The Morgan fingerprint density at radius 3 is 2.84 bits per heavy atom. The molecular formula is C13H11ClFNO3. The Kier molecular flexibility index (Phi) is 4.06. The van der Waals surface area contributed by atoms with Crippen LogP contribution in [0.3, 0.4) is 0 Å². The molecule has 1 aromatic heterocycles. The van der Waals surface area contributed by atoms with E-state index in [0.29, 0.717) is 11.4 Å². The molecule has 2 rings (SSSR count). The Balaban J connectivity index is 2.18. The Bertz CT molecular complexity index is 597. The maximum atomic E-state index is 13.2. The number of hydrogen-bond donors (Lipinski definition) is 1. The predicted octanol–water partition coefficient (Wildman–Crippen LogP) is 3.47. The van der Waals surface area contributed by atoms with Gasteiger partial charge in [0.25, 0.3) is 0 Å². The predicted molar refractivity (Wildman–Crippen MR) is 68.8 cm³/mol. The van der Waals surface area contributed by atoms with E-state index in [1.807, 2.05) is 0 Å². The summed E-state index contributed by atoms with van der Waals surface area (Å²) in [6.07, 6.45) is 0. The SMILES string of the molecule is COC(=O)c1ccc(F)cc1NCc1ccc(Cl)o1. The summed E-state index contributed by atoms with van der Waals surface area (Å²) < 4.78 is 23.0. The number of hydrogen-bond acceptors (Lipinski definition) is 4. The molecule has 6 heteroatoms. The van der Waals surface area contributed by atoms with Gasteiger partial charge in [0.05, 0.1) is 24.9 Å². The van der Waals surface area contributed by atoms with Crippen molar-refractivity contribution in [2.24, 2.45) is 0 Å². The molecule has 0 amide bonds. The lowest BCUT2D eigenvalue weighted by Gasteiger charge is -2.09. The summed E-state index contributed by atoms with van der Waals surface area (Å²) in [5.41, 5.74) is 0.584. The number of methoxy groups -OCH3 is 1. The van der Waals surface area contributed by atoms with Crippen molar-refractivity contribution in [3.63, 3.8) is 0 Å². The van der Waals surface area contributed by atoms with Gasteiger partial charge in [-0.2, -0.15) is 0 Å². The van der Waals surface area contributed by atoms with Crippen molar-refractivity contribution in [2.75, 3.05) is 12.4 Å². The molecule has 0 fully saturated rings. The molecule has 100 valence electrons. The van der Waals surface area contributed by atoms with E-state index in [9.17, 15) is 9.18 Å². The molecular weight excluding hydrogens is 273 g/mol. The Morgan fingerprint density at radius 1 is 1.42 bits per heavy atom. The standard InChI is InChI=1S/C13H11ClFNO3/c1-18-13(17)10-4-2-8(15)6-11(10)16-7-9-3-5-12(14)19-9/h2-6,16H,7H2,1H3. The van der Waals surface area contributed by atoms with E-state index in [2.05, 4.69) is 10.1 Å². The lowest BCUT2D eigenvalue weighted by molar-refractivity contribution is 0.0601. The summed E-state index contributed by atoms with van der Waals surface area (Å²) in [5.74, 6) is -0.419. The lowest BCUT2D eigenvalue weighted by atomic mass is 10.1. The zero-order chi connectivity index (χ0) is 13.8. The topological polar surface area (TPSA) is 51.5 Å². The van der Waals surface area contributed by atoms with Crippen LogP contribution in [0.5, 0.6) is 0 Å². The second kappa shape index (κ2) is 5.75. The van der Waals surface area contributed by atoms with Crippen molar-refractivity contribution in [3.05, 3.63) is 52.7 Å². The van der Waals surface area contributed by atoms with Crippen LogP contribution >= 0.6 is 11.6 Å². The Labute approximate surface area is 114 Å². The van der Waals surface area contributed by atoms with Gasteiger partial charge < -0.3 is 14.5 Å². The summed E-state index contributed by atoms with van der Waals surface area (Å²) in [6.45, 7) is 0.278. The van der Waals surface area contributed by atoms with Gasteiger partial charge in [-0.3, -0.25) is 0 Å². The molecule has 19 heavy (non-hydrogen) atoms. The number of carbonyl (C=O) groups excluding carboxylic acids is 1. The molecule has 2 aromatic rings. The minimum absolute atomic E-state index is 0.251. The summed E-state index contributed by atoms with van der Waals surface area (Å²) in [7, 11) is 1.27. The van der Waals surface area contributed by atoms with Gasteiger partial charge in [-0.05, 0) is 41.9 Å². The molecule has 1 heterocycles. The molecule has 1 N–H and O–H groups in total. The molecule has 0 saturated carbocycles. The molecule has 0 spiro atoms. The van der Waals surface area contributed by atoms with E-state index in [0.717, 1.165) is 0 Å². The van der Waals surface area contributed by atoms with E-state index >= 15 is 0 Å². The lowest BCUT2D eigenvalue weighted by Crippen LogP contribution is -2.08. The largest absolute Gasteiger partial charge is 0.465 e. The monoisotopic (exact) mass is 283 g/mol. The van der Waals surface area contributed by atoms with Gasteiger partial charge in [0.1, 0.15) is 11.6 Å². The van der Waals surface area contributed by atoms with Crippen molar-refractivity contribution < 1.29 is 18.3 Å². The third kappa shape index (κ3) is 3.26. The van der Waals surface area contributed by atoms with Crippen LogP contribution in [0.1, 0.15) is 16.1 Å². The third-order valence-corrected chi connectivity index (χ3v) is 2.67. The maximum Gasteiger partial charge on any atom is 0.339 e. The highest BCUT2D eigenvalue weighted by Crippen LogP contribution is 2.20. The molecule has 0 aliphatic carbocycles. The number of halogens is 2. The van der Waals surface area contributed by atoms with Gasteiger partial charge in [-0.25, -0.2) is 9.18 Å². The van der Waals surface area contributed by atoms with Gasteiger partial charge in [-0.15, -0.1) is 0 Å². The highest BCUT2D eigenvalue weighted by Gasteiger charge is 2.13. The number of nitrogens with one attached hydrogen (secondary N) is 1. The number of carbonyl (C=O) groups is 1. The van der Waals surface area contributed by atoms with Crippen LogP contribution in [0.2, 0.25) is 5.22 Å². The number of esters is 1. The number of furan rings is 1. The fraction of sp³-hybridized carbons (Fsp3) is 0.154. The number of anilines is 1. The van der Waals surface area contributed by atoms with E-state index in [1.165, 1.54) is 25.3 Å². The van der Waals surface area contributed by atoms with E-state index in [4.69, 9.17) is 16.0 Å². The van der Waals surface area contributed by atoms with Crippen LogP contribution in [-0.2, 0) is 11.3 Å². The first-order chi connectivity index (χ1) is 9.10. The van der Waals surface area contributed by atoms with Crippen molar-refractivity contribution >= 4 is 23.3 Å². The van der Waals surface area contributed by atoms with E-state index < -0.39 is 11.8 Å². The first-order valence-electron chi connectivity index (χ1n) is 5.46. The first kappa shape index (κ1) is 13.4. The van der Waals surface area contributed by atoms with Crippen LogP contribution in [-0.4, -0.2) is 13.1 Å². The zero-order valence-electron chi connectivity index (χ0n) is 10.1. The number of ether oxygens (including phenoxy) is 1. The Hall–Kier alpha value is -2.01. The minimum atomic E-state index is -0.542. The molecule has 0 saturated heterocycles. The maximum absolute atomic E-state index is 13.2.